The Morgan fingerprint density at radius 2 is 2.06 bits per heavy atom. The largest absolute Gasteiger partial charge is 0.489 e. The molecule has 0 saturated carbocycles. The Kier molecular flexibility index (Phi) is 5.83. The molecule has 0 aromatic heterocycles. The standard InChI is InChI=1S/C25H22BrFN2O3/c1-25(2)10-19(30)23-21(11-25)32-24(29)18(12-28)22(23)17-9-15(26)6-7-20(17)31-13-14-4-3-5-16(27)8-14/h3-9,22H,10-11,13,29H2,1-2H3/t22-/m0/s1. The number of carbonyl (C=O) groups excluding carboxylic acids is 1. The Labute approximate surface area is 194 Å². The highest BCUT2D eigenvalue weighted by molar-refractivity contribution is 9.10. The summed E-state index contributed by atoms with van der Waals surface area (Å²) in [5.74, 6) is -0.139. The van der Waals surface area contributed by atoms with Crippen LogP contribution >= 0.6 is 15.9 Å². The Morgan fingerprint density at radius 1 is 1.28 bits per heavy atom. The van der Waals surface area contributed by atoms with Gasteiger partial charge in [0.05, 0.1) is 5.92 Å². The molecule has 2 aliphatic rings. The van der Waals surface area contributed by atoms with E-state index in [1.54, 1.807) is 18.2 Å². The summed E-state index contributed by atoms with van der Waals surface area (Å²) in [5.41, 5.74) is 7.77. The SMILES string of the molecule is CC1(C)CC(=O)C2=C(C1)OC(N)=C(C#N)[C@@H]2c1cc(Br)ccc1OCc1cccc(F)c1. The number of nitrogens with two attached hydrogens (primary N) is 1. The molecule has 1 aliphatic heterocycles. The molecular formula is C25H22BrFN2O3. The van der Waals surface area contributed by atoms with Gasteiger partial charge in [0.1, 0.15) is 35.6 Å². The first-order chi connectivity index (χ1) is 15.2. The van der Waals surface area contributed by atoms with E-state index >= 15 is 0 Å². The lowest BCUT2D eigenvalue weighted by molar-refractivity contribution is -0.119. The van der Waals surface area contributed by atoms with Gasteiger partial charge in [-0.25, -0.2) is 4.39 Å². The molecule has 0 bridgehead atoms. The van der Waals surface area contributed by atoms with Gasteiger partial charge in [-0.15, -0.1) is 0 Å². The Hall–Kier alpha value is -3.11. The van der Waals surface area contributed by atoms with Crippen molar-refractivity contribution in [2.45, 2.75) is 39.2 Å². The van der Waals surface area contributed by atoms with E-state index < -0.39 is 5.92 Å². The van der Waals surface area contributed by atoms with Crippen molar-refractivity contribution in [3.8, 4) is 11.8 Å². The van der Waals surface area contributed by atoms with Crippen LogP contribution in [0, 0.1) is 22.6 Å². The molecule has 0 fully saturated rings. The molecule has 0 spiro atoms. The van der Waals surface area contributed by atoms with Crippen LogP contribution in [0.4, 0.5) is 4.39 Å². The van der Waals surface area contributed by atoms with Crippen LogP contribution < -0.4 is 10.5 Å². The van der Waals surface area contributed by atoms with E-state index in [9.17, 15) is 14.4 Å². The lowest BCUT2D eigenvalue weighted by Crippen LogP contribution is -2.33. The fourth-order valence-corrected chi connectivity index (χ4v) is 4.64. The van der Waals surface area contributed by atoms with Crippen molar-refractivity contribution in [2.24, 2.45) is 11.1 Å². The normalized spacial score (nSPS) is 19.8. The Balaban J connectivity index is 1.80. The molecule has 1 heterocycles. The summed E-state index contributed by atoms with van der Waals surface area (Å²) in [5, 5.41) is 9.88. The zero-order valence-electron chi connectivity index (χ0n) is 17.7. The van der Waals surface area contributed by atoms with Crippen LogP contribution in [0.15, 0.2) is 69.7 Å². The van der Waals surface area contributed by atoms with Gasteiger partial charge in [0.25, 0.3) is 0 Å². The number of hydrogen-bond acceptors (Lipinski definition) is 5. The summed E-state index contributed by atoms with van der Waals surface area (Å²) in [6.45, 7) is 4.13. The molecule has 164 valence electrons. The predicted octanol–water partition coefficient (Wildman–Crippen LogP) is 5.62. The second-order valence-electron chi connectivity index (χ2n) is 8.80. The molecule has 2 aromatic carbocycles. The highest BCUT2D eigenvalue weighted by Gasteiger charge is 2.43. The van der Waals surface area contributed by atoms with Crippen molar-refractivity contribution < 1.29 is 18.7 Å². The van der Waals surface area contributed by atoms with Crippen molar-refractivity contribution in [1.29, 1.82) is 5.26 Å². The van der Waals surface area contributed by atoms with E-state index in [-0.39, 0.29) is 35.1 Å². The molecule has 4 rings (SSSR count). The second-order valence-corrected chi connectivity index (χ2v) is 9.72. The molecule has 32 heavy (non-hydrogen) atoms. The molecule has 2 N–H and O–H groups in total. The maximum absolute atomic E-state index is 13.6. The number of ether oxygens (including phenoxy) is 2. The van der Waals surface area contributed by atoms with Gasteiger partial charge < -0.3 is 15.2 Å². The van der Waals surface area contributed by atoms with Crippen molar-refractivity contribution in [3.05, 3.63) is 86.7 Å². The third-order valence-corrected chi connectivity index (χ3v) is 6.13. The summed E-state index contributed by atoms with van der Waals surface area (Å²) >= 11 is 3.48. The molecule has 0 amide bonds. The highest BCUT2D eigenvalue weighted by Crippen LogP contribution is 2.49. The van der Waals surface area contributed by atoms with Crippen LogP contribution in [0.3, 0.4) is 0 Å². The van der Waals surface area contributed by atoms with Gasteiger partial charge >= 0.3 is 0 Å². The van der Waals surface area contributed by atoms with Crippen LogP contribution in [0.1, 0.15) is 43.7 Å². The lowest BCUT2D eigenvalue weighted by atomic mass is 9.70. The van der Waals surface area contributed by atoms with E-state index in [0.29, 0.717) is 41.1 Å². The van der Waals surface area contributed by atoms with Crippen LogP contribution in [0.25, 0.3) is 0 Å². The number of hydrogen-bond donors (Lipinski definition) is 1. The second kappa shape index (κ2) is 8.44. The fraction of sp³-hybridized carbons (Fsp3) is 0.280. The minimum absolute atomic E-state index is 0.00203. The number of allylic oxidation sites excluding steroid dienone is 3. The zero-order chi connectivity index (χ0) is 23.0. The molecule has 2 aromatic rings. The van der Waals surface area contributed by atoms with E-state index in [1.165, 1.54) is 12.1 Å². The van der Waals surface area contributed by atoms with Crippen LogP contribution in [0.2, 0.25) is 0 Å². The van der Waals surface area contributed by atoms with Gasteiger partial charge in [-0.1, -0.05) is 41.9 Å². The number of nitrogens with zero attached hydrogens (tertiary/aromatic N) is 1. The molecule has 1 atom stereocenters. The van der Waals surface area contributed by atoms with Gasteiger partial charge in [0.2, 0.25) is 5.88 Å². The fourth-order valence-electron chi connectivity index (χ4n) is 4.26. The molecule has 1 aliphatic carbocycles. The van der Waals surface area contributed by atoms with Gasteiger partial charge in [-0.05, 0) is 41.3 Å². The van der Waals surface area contributed by atoms with E-state index in [4.69, 9.17) is 15.2 Å². The highest BCUT2D eigenvalue weighted by atomic mass is 79.9. The third-order valence-electron chi connectivity index (χ3n) is 5.64. The summed E-state index contributed by atoms with van der Waals surface area (Å²) in [6, 6.07) is 13.7. The van der Waals surface area contributed by atoms with E-state index in [1.807, 2.05) is 26.0 Å². The molecule has 0 saturated heterocycles. The van der Waals surface area contributed by atoms with Crippen molar-refractivity contribution in [1.82, 2.24) is 0 Å². The summed E-state index contributed by atoms with van der Waals surface area (Å²) in [4.78, 5) is 13.2. The van der Waals surface area contributed by atoms with Gasteiger partial charge in [0, 0.05) is 28.5 Å². The Bertz CT molecular complexity index is 1210. The Morgan fingerprint density at radius 3 is 2.78 bits per heavy atom. The quantitative estimate of drug-likeness (QED) is 0.593. The summed E-state index contributed by atoms with van der Waals surface area (Å²) in [7, 11) is 0. The maximum Gasteiger partial charge on any atom is 0.205 e. The topological polar surface area (TPSA) is 85.3 Å². The minimum Gasteiger partial charge on any atom is -0.489 e. The smallest absolute Gasteiger partial charge is 0.205 e. The lowest BCUT2D eigenvalue weighted by Gasteiger charge is -2.37. The monoisotopic (exact) mass is 496 g/mol. The summed E-state index contributed by atoms with van der Waals surface area (Å²) < 4.78 is 26.1. The van der Waals surface area contributed by atoms with Crippen molar-refractivity contribution >= 4 is 21.7 Å². The summed E-state index contributed by atoms with van der Waals surface area (Å²) in [6.07, 6.45) is 0.884. The number of Topliss-reactive ketones (excluding diaryl/α,β-unsaturated/α-hetero) is 1. The number of nitriles is 1. The van der Waals surface area contributed by atoms with Crippen LogP contribution in [-0.4, -0.2) is 5.78 Å². The number of benzene rings is 2. The zero-order valence-corrected chi connectivity index (χ0v) is 19.3. The first-order valence-electron chi connectivity index (χ1n) is 10.2. The van der Waals surface area contributed by atoms with Gasteiger partial charge in [0.15, 0.2) is 5.78 Å². The first-order valence-corrected chi connectivity index (χ1v) is 11.0. The number of ketones is 1. The molecule has 0 unspecified atom stereocenters. The van der Waals surface area contributed by atoms with E-state index in [2.05, 4.69) is 22.0 Å². The third kappa shape index (κ3) is 4.28. The van der Waals surface area contributed by atoms with Crippen LogP contribution in [0.5, 0.6) is 5.75 Å². The average Bonchev–Trinajstić information content (AvgIpc) is 2.71. The number of halogens is 2. The van der Waals surface area contributed by atoms with Crippen molar-refractivity contribution in [2.75, 3.05) is 0 Å². The van der Waals surface area contributed by atoms with Gasteiger partial charge in [-0.3, -0.25) is 4.79 Å². The van der Waals surface area contributed by atoms with E-state index in [0.717, 1.165) is 4.47 Å². The minimum atomic E-state index is -0.702. The first kappa shape index (κ1) is 22.1. The van der Waals surface area contributed by atoms with Crippen molar-refractivity contribution in [3.63, 3.8) is 0 Å². The molecule has 0 radical (unpaired) electrons. The molecule has 5 nitrogen and oxygen atoms in total. The molecular weight excluding hydrogens is 475 g/mol. The average molecular weight is 497 g/mol. The predicted molar refractivity (Wildman–Crippen MR) is 121 cm³/mol. The number of rotatable bonds is 4. The van der Waals surface area contributed by atoms with Crippen LogP contribution in [-0.2, 0) is 16.1 Å². The van der Waals surface area contributed by atoms with Gasteiger partial charge in [-0.2, -0.15) is 5.26 Å². The maximum atomic E-state index is 13.6. The molecule has 7 heteroatoms. The number of carbonyl (C=O) groups is 1.